The lowest BCUT2D eigenvalue weighted by Crippen LogP contribution is -2.43. The van der Waals surface area contributed by atoms with Crippen molar-refractivity contribution in [1.29, 1.82) is 0 Å². The quantitative estimate of drug-likeness (QED) is 0.104. The Morgan fingerprint density at radius 1 is 0.850 bits per heavy atom. The van der Waals surface area contributed by atoms with E-state index in [2.05, 4.69) is 27.0 Å². The molecule has 2 fully saturated rings. The highest BCUT2D eigenvalue weighted by Gasteiger charge is 2.43. The molecular formula is C34H58O6. The maximum Gasteiger partial charge on any atom is 0.333 e. The van der Waals surface area contributed by atoms with Gasteiger partial charge < -0.3 is 19.7 Å². The number of carbonyl (C=O) groups excluding carboxylic acids is 2. The van der Waals surface area contributed by atoms with Crippen LogP contribution in [0, 0.1) is 35.0 Å². The highest BCUT2D eigenvalue weighted by molar-refractivity contribution is 5.88. The first-order chi connectivity index (χ1) is 19.2. The molecule has 0 aromatic heterocycles. The maximum atomic E-state index is 12.8. The second-order valence-electron chi connectivity index (χ2n) is 12.9. The SMILES string of the molecule is C=C(C)C(=O)OCC(CC)(COC(=O)C(=C)CCC(CO)CO)C1CCC(C2CCC(CCCCC)CC2)CC1. The molecule has 40 heavy (non-hydrogen) atoms. The Bertz CT molecular complexity index is 786. The molecule has 0 spiro atoms. The fraction of sp³-hybridized carbons (Fsp3) is 0.824. The summed E-state index contributed by atoms with van der Waals surface area (Å²) < 4.78 is 11.5. The number of hydrogen-bond acceptors (Lipinski definition) is 6. The van der Waals surface area contributed by atoms with Crippen LogP contribution in [0.25, 0.3) is 0 Å². The number of rotatable bonds is 18. The molecule has 230 valence electrons. The van der Waals surface area contributed by atoms with Crippen LogP contribution in [0.15, 0.2) is 24.3 Å². The van der Waals surface area contributed by atoms with Crippen LogP contribution < -0.4 is 0 Å². The van der Waals surface area contributed by atoms with Crippen molar-refractivity contribution in [2.24, 2.45) is 35.0 Å². The number of aliphatic hydroxyl groups is 2. The van der Waals surface area contributed by atoms with Gasteiger partial charge in [0, 0.05) is 35.7 Å². The van der Waals surface area contributed by atoms with Gasteiger partial charge in [0.1, 0.15) is 13.2 Å². The van der Waals surface area contributed by atoms with E-state index in [1.54, 1.807) is 6.92 Å². The molecule has 0 aromatic rings. The summed E-state index contributed by atoms with van der Waals surface area (Å²) in [5.74, 6) is 1.72. The molecule has 2 aliphatic rings. The van der Waals surface area contributed by atoms with Crippen LogP contribution in [0.3, 0.4) is 0 Å². The van der Waals surface area contributed by atoms with Crippen molar-refractivity contribution in [1.82, 2.24) is 0 Å². The van der Waals surface area contributed by atoms with E-state index in [1.807, 2.05) is 0 Å². The molecule has 2 aliphatic carbocycles. The van der Waals surface area contributed by atoms with E-state index in [4.69, 9.17) is 9.47 Å². The van der Waals surface area contributed by atoms with Crippen LogP contribution in [-0.2, 0) is 19.1 Å². The van der Waals surface area contributed by atoms with Crippen molar-refractivity contribution in [3.05, 3.63) is 24.3 Å². The molecule has 1 unspecified atom stereocenters. The van der Waals surface area contributed by atoms with E-state index in [-0.39, 0.29) is 32.3 Å². The van der Waals surface area contributed by atoms with Crippen molar-refractivity contribution < 1.29 is 29.3 Å². The predicted molar refractivity (Wildman–Crippen MR) is 161 cm³/mol. The third-order valence-electron chi connectivity index (χ3n) is 10.1. The molecule has 1 atom stereocenters. The van der Waals surface area contributed by atoms with E-state index >= 15 is 0 Å². The highest BCUT2D eigenvalue weighted by atomic mass is 16.5. The number of aliphatic hydroxyl groups excluding tert-OH is 2. The number of esters is 2. The summed E-state index contributed by atoms with van der Waals surface area (Å²) in [6.07, 6.45) is 17.1. The average Bonchev–Trinajstić information content (AvgIpc) is 2.98. The lowest BCUT2D eigenvalue weighted by Gasteiger charge is -2.45. The lowest BCUT2D eigenvalue weighted by atomic mass is 9.62. The van der Waals surface area contributed by atoms with Gasteiger partial charge in [0.25, 0.3) is 0 Å². The largest absolute Gasteiger partial charge is 0.462 e. The fourth-order valence-electron chi connectivity index (χ4n) is 6.97. The molecule has 6 nitrogen and oxygen atoms in total. The molecular weight excluding hydrogens is 504 g/mol. The summed E-state index contributed by atoms with van der Waals surface area (Å²) in [4.78, 5) is 25.1. The lowest BCUT2D eigenvalue weighted by molar-refractivity contribution is -0.154. The van der Waals surface area contributed by atoms with Gasteiger partial charge >= 0.3 is 11.9 Å². The molecule has 0 aromatic carbocycles. The molecule has 6 heteroatoms. The molecule has 2 rings (SSSR count). The maximum absolute atomic E-state index is 12.8. The van der Waals surface area contributed by atoms with Crippen LogP contribution in [0.2, 0.25) is 0 Å². The fourth-order valence-corrected chi connectivity index (χ4v) is 6.97. The van der Waals surface area contributed by atoms with E-state index < -0.39 is 17.4 Å². The third-order valence-corrected chi connectivity index (χ3v) is 10.1. The van der Waals surface area contributed by atoms with E-state index in [0.29, 0.717) is 29.9 Å². The Balaban J connectivity index is 1.97. The first-order valence-electron chi connectivity index (χ1n) is 16.1. The number of hydrogen-bond donors (Lipinski definition) is 2. The minimum Gasteiger partial charge on any atom is -0.462 e. The second kappa shape index (κ2) is 18.0. The van der Waals surface area contributed by atoms with Crippen molar-refractivity contribution in [2.75, 3.05) is 26.4 Å². The molecule has 0 heterocycles. The Hall–Kier alpha value is -1.66. The number of ether oxygens (including phenoxy) is 2. The molecule has 0 amide bonds. The number of unbranched alkanes of at least 4 members (excludes halogenated alkanes) is 2. The molecule has 0 saturated heterocycles. The molecule has 2 N–H and O–H groups in total. The van der Waals surface area contributed by atoms with Crippen molar-refractivity contribution in [3.8, 4) is 0 Å². The van der Waals surface area contributed by atoms with Gasteiger partial charge in [-0.25, -0.2) is 9.59 Å². The van der Waals surface area contributed by atoms with E-state index in [1.165, 1.54) is 64.2 Å². The Labute approximate surface area is 244 Å². The van der Waals surface area contributed by atoms with E-state index in [9.17, 15) is 19.8 Å². The second-order valence-corrected chi connectivity index (χ2v) is 12.9. The zero-order valence-electron chi connectivity index (χ0n) is 25.8. The van der Waals surface area contributed by atoms with Gasteiger partial charge in [-0.3, -0.25) is 0 Å². The first-order valence-corrected chi connectivity index (χ1v) is 16.1. The first kappa shape index (κ1) is 34.5. The van der Waals surface area contributed by atoms with E-state index in [0.717, 1.165) is 37.0 Å². The van der Waals surface area contributed by atoms with Crippen molar-refractivity contribution in [2.45, 2.75) is 117 Å². The average molecular weight is 563 g/mol. The third kappa shape index (κ3) is 10.6. The summed E-state index contributed by atoms with van der Waals surface area (Å²) in [6, 6.07) is 0. The minimum atomic E-state index is -0.455. The van der Waals surface area contributed by atoms with Gasteiger partial charge in [-0.2, -0.15) is 0 Å². The summed E-state index contributed by atoms with van der Waals surface area (Å²) in [7, 11) is 0. The van der Waals surface area contributed by atoms with Crippen LogP contribution in [0.5, 0.6) is 0 Å². The van der Waals surface area contributed by atoms with Crippen LogP contribution in [-0.4, -0.2) is 48.6 Å². The van der Waals surface area contributed by atoms with Crippen LogP contribution in [0.4, 0.5) is 0 Å². The summed E-state index contributed by atoms with van der Waals surface area (Å²) in [5.41, 5.74) is 0.262. The Morgan fingerprint density at radius 3 is 1.90 bits per heavy atom. The molecule has 0 bridgehead atoms. The Kier molecular flexibility index (Phi) is 15.5. The van der Waals surface area contributed by atoms with Crippen LogP contribution in [0.1, 0.15) is 117 Å². The zero-order chi connectivity index (χ0) is 29.5. The van der Waals surface area contributed by atoms with Crippen LogP contribution >= 0.6 is 0 Å². The standard InChI is InChI=1S/C34H58O6/c1-6-8-9-10-27-13-15-29(16-14-27)30-17-19-31(20-18-30)34(7-2,23-39-32(37)25(3)4)24-40-33(38)26(5)11-12-28(21-35)22-36/h27-31,35-36H,3,5-24H2,1-2,4H3. The number of carbonyl (C=O) groups is 2. The normalized spacial score (nSPS) is 24.8. The molecule has 0 radical (unpaired) electrons. The molecule has 2 saturated carbocycles. The smallest absolute Gasteiger partial charge is 0.333 e. The molecule has 0 aliphatic heterocycles. The summed E-state index contributed by atoms with van der Waals surface area (Å²) in [6.45, 7) is 13.8. The van der Waals surface area contributed by atoms with Gasteiger partial charge in [0.15, 0.2) is 0 Å². The highest BCUT2D eigenvalue weighted by Crippen LogP contribution is 2.48. The van der Waals surface area contributed by atoms with Crippen molar-refractivity contribution >= 4 is 11.9 Å². The summed E-state index contributed by atoms with van der Waals surface area (Å²) in [5, 5.41) is 18.6. The van der Waals surface area contributed by atoms with Crippen molar-refractivity contribution in [3.63, 3.8) is 0 Å². The van der Waals surface area contributed by atoms with Gasteiger partial charge in [0.2, 0.25) is 0 Å². The van der Waals surface area contributed by atoms with Gasteiger partial charge in [-0.1, -0.05) is 65.5 Å². The predicted octanol–water partition coefficient (Wildman–Crippen LogP) is 7.18. The van der Waals surface area contributed by atoms with Gasteiger partial charge in [-0.05, 0) is 88.4 Å². The zero-order valence-corrected chi connectivity index (χ0v) is 25.8. The topological polar surface area (TPSA) is 93.1 Å². The van der Waals surface area contributed by atoms with Gasteiger partial charge in [-0.15, -0.1) is 0 Å². The Morgan fingerprint density at radius 2 is 1.40 bits per heavy atom. The summed E-state index contributed by atoms with van der Waals surface area (Å²) >= 11 is 0. The van der Waals surface area contributed by atoms with Gasteiger partial charge in [0.05, 0.1) is 0 Å². The minimum absolute atomic E-state index is 0.130. The monoisotopic (exact) mass is 562 g/mol.